The lowest BCUT2D eigenvalue weighted by Gasteiger charge is -2.29. The van der Waals surface area contributed by atoms with Crippen molar-refractivity contribution in [1.29, 1.82) is 0 Å². The summed E-state index contributed by atoms with van der Waals surface area (Å²) in [5, 5.41) is 0.676. The number of aromatic nitrogens is 2. The highest BCUT2D eigenvalue weighted by molar-refractivity contribution is 6.33. The molecule has 23 heavy (non-hydrogen) atoms. The molecular formula is C17H20ClN3O2. The first-order valence-corrected chi connectivity index (χ1v) is 8.00. The maximum atomic E-state index is 12.1. The zero-order valence-electron chi connectivity index (χ0n) is 13.5. The molecule has 0 aliphatic carbocycles. The predicted octanol–water partition coefficient (Wildman–Crippen LogP) is 4.01. The molecule has 0 atom stereocenters. The molecule has 6 heteroatoms. The van der Waals surface area contributed by atoms with Gasteiger partial charge in [-0.2, -0.15) is 0 Å². The summed E-state index contributed by atoms with van der Waals surface area (Å²) in [5.41, 5.74) is 2.66. The van der Waals surface area contributed by atoms with E-state index in [9.17, 15) is 4.79 Å². The number of hydrogen-bond donors (Lipinski definition) is 0. The van der Waals surface area contributed by atoms with Crippen molar-refractivity contribution in [2.45, 2.75) is 32.8 Å². The largest absolute Gasteiger partial charge is 0.444 e. The number of pyridine rings is 1. The normalized spacial score (nSPS) is 15.7. The van der Waals surface area contributed by atoms with Gasteiger partial charge < -0.3 is 14.0 Å². The minimum absolute atomic E-state index is 0.268. The first-order chi connectivity index (χ1) is 10.8. The third-order valence-corrected chi connectivity index (χ3v) is 4.01. The average molecular weight is 334 g/mol. The van der Waals surface area contributed by atoms with Crippen molar-refractivity contribution in [3.05, 3.63) is 41.4 Å². The molecule has 0 N–H and O–H groups in total. The molecule has 0 saturated heterocycles. The monoisotopic (exact) mass is 333 g/mol. The van der Waals surface area contributed by atoms with E-state index in [4.69, 9.17) is 16.3 Å². The number of ether oxygens (including phenoxy) is 1. The van der Waals surface area contributed by atoms with Crippen molar-refractivity contribution in [3.63, 3.8) is 0 Å². The molecule has 0 spiro atoms. The van der Waals surface area contributed by atoms with E-state index in [1.807, 2.05) is 37.4 Å². The van der Waals surface area contributed by atoms with Gasteiger partial charge in [-0.1, -0.05) is 17.7 Å². The van der Waals surface area contributed by atoms with Gasteiger partial charge in [-0.25, -0.2) is 9.78 Å². The van der Waals surface area contributed by atoms with E-state index in [1.54, 1.807) is 17.4 Å². The Morgan fingerprint density at radius 3 is 2.83 bits per heavy atom. The first kappa shape index (κ1) is 15.9. The summed E-state index contributed by atoms with van der Waals surface area (Å²) < 4.78 is 7.32. The lowest BCUT2D eigenvalue weighted by Crippen LogP contribution is -2.39. The van der Waals surface area contributed by atoms with Gasteiger partial charge in [0.05, 0.1) is 23.1 Å². The topological polar surface area (TPSA) is 46.8 Å². The van der Waals surface area contributed by atoms with Crippen LogP contribution in [-0.2, 0) is 4.74 Å². The lowest BCUT2D eigenvalue weighted by atomic mass is 10.0. The summed E-state index contributed by atoms with van der Waals surface area (Å²) in [4.78, 5) is 17.9. The van der Waals surface area contributed by atoms with Gasteiger partial charge >= 0.3 is 6.09 Å². The predicted molar refractivity (Wildman–Crippen MR) is 90.6 cm³/mol. The number of halogens is 1. The number of imidazole rings is 1. The van der Waals surface area contributed by atoms with E-state index in [1.165, 1.54) is 5.57 Å². The minimum atomic E-state index is -0.471. The van der Waals surface area contributed by atoms with Gasteiger partial charge in [-0.05, 0) is 44.4 Å². The summed E-state index contributed by atoms with van der Waals surface area (Å²) >= 11 is 6.30. The number of carbonyl (C=O) groups is 1. The third-order valence-electron chi connectivity index (χ3n) is 3.70. The SMILES string of the molecule is CC(C)(C)OC(=O)N1CC=C(c2cc(Cl)c3cncn3c2)CC1. The number of amides is 1. The van der Waals surface area contributed by atoms with Crippen molar-refractivity contribution in [3.8, 4) is 0 Å². The number of nitrogens with zero attached hydrogens (tertiary/aromatic N) is 3. The van der Waals surface area contributed by atoms with Gasteiger partial charge in [0.15, 0.2) is 0 Å². The van der Waals surface area contributed by atoms with Crippen LogP contribution in [-0.4, -0.2) is 39.1 Å². The molecule has 0 aromatic carbocycles. The summed E-state index contributed by atoms with van der Waals surface area (Å²) in [7, 11) is 0. The molecule has 5 nitrogen and oxygen atoms in total. The summed E-state index contributed by atoms with van der Waals surface area (Å²) in [5.74, 6) is 0. The fourth-order valence-electron chi connectivity index (χ4n) is 2.59. The van der Waals surface area contributed by atoms with Gasteiger partial charge in [0.2, 0.25) is 0 Å². The number of fused-ring (bicyclic) bond motifs is 1. The molecule has 0 bridgehead atoms. The lowest BCUT2D eigenvalue weighted by molar-refractivity contribution is 0.0270. The fraction of sp³-hybridized carbons (Fsp3) is 0.412. The van der Waals surface area contributed by atoms with Crippen LogP contribution < -0.4 is 0 Å². The highest BCUT2D eigenvalue weighted by Gasteiger charge is 2.24. The number of carbonyl (C=O) groups excluding carboxylic acids is 1. The average Bonchev–Trinajstić information content (AvgIpc) is 2.94. The molecule has 1 aliphatic rings. The highest BCUT2D eigenvalue weighted by atomic mass is 35.5. The standard InChI is InChI=1S/C17H20ClN3O2/c1-17(2,3)23-16(22)20-6-4-12(5-7-20)13-8-14(18)15-9-19-11-21(15)10-13/h4,8-11H,5-7H2,1-3H3. The van der Waals surface area contributed by atoms with Crippen LogP contribution in [0.4, 0.5) is 4.79 Å². The Balaban J connectivity index is 1.76. The maximum Gasteiger partial charge on any atom is 0.410 e. The second-order valence-corrected chi connectivity index (χ2v) is 7.08. The van der Waals surface area contributed by atoms with E-state index in [2.05, 4.69) is 11.1 Å². The molecule has 3 rings (SSSR count). The highest BCUT2D eigenvalue weighted by Crippen LogP contribution is 2.27. The van der Waals surface area contributed by atoms with Gasteiger partial charge in [0, 0.05) is 19.3 Å². The molecule has 2 aromatic rings. The van der Waals surface area contributed by atoms with Gasteiger partial charge in [0.25, 0.3) is 0 Å². The molecule has 0 saturated carbocycles. The van der Waals surface area contributed by atoms with Gasteiger partial charge in [0.1, 0.15) is 5.60 Å². The second-order valence-electron chi connectivity index (χ2n) is 6.67. The molecule has 2 aromatic heterocycles. The van der Waals surface area contributed by atoms with E-state index in [0.29, 0.717) is 18.1 Å². The molecule has 0 radical (unpaired) electrons. The quantitative estimate of drug-likeness (QED) is 0.792. The fourth-order valence-corrected chi connectivity index (χ4v) is 2.85. The van der Waals surface area contributed by atoms with E-state index in [-0.39, 0.29) is 6.09 Å². The Labute approximate surface area is 140 Å². The third kappa shape index (κ3) is 3.50. The molecule has 0 fully saturated rings. The van der Waals surface area contributed by atoms with Gasteiger partial charge in [-0.3, -0.25) is 0 Å². The molecule has 3 heterocycles. The second kappa shape index (κ2) is 5.89. The van der Waals surface area contributed by atoms with Crippen molar-refractivity contribution in [2.75, 3.05) is 13.1 Å². The molecule has 1 aliphatic heterocycles. The Morgan fingerprint density at radius 1 is 1.39 bits per heavy atom. The Hall–Kier alpha value is -2.01. The van der Waals surface area contributed by atoms with Gasteiger partial charge in [-0.15, -0.1) is 0 Å². The van der Waals surface area contributed by atoms with Crippen molar-refractivity contribution < 1.29 is 9.53 Å². The number of hydrogen-bond acceptors (Lipinski definition) is 3. The Morgan fingerprint density at radius 2 is 2.17 bits per heavy atom. The zero-order chi connectivity index (χ0) is 16.6. The Bertz CT molecular complexity index is 774. The summed E-state index contributed by atoms with van der Waals surface area (Å²) in [6.45, 7) is 6.81. The number of rotatable bonds is 1. The van der Waals surface area contributed by atoms with Crippen LogP contribution >= 0.6 is 11.6 Å². The van der Waals surface area contributed by atoms with Crippen LogP contribution in [0.25, 0.3) is 11.1 Å². The smallest absolute Gasteiger partial charge is 0.410 e. The summed E-state index contributed by atoms with van der Waals surface area (Å²) in [6, 6.07) is 1.95. The molecular weight excluding hydrogens is 314 g/mol. The van der Waals surface area contributed by atoms with Crippen LogP contribution in [0.2, 0.25) is 5.02 Å². The van der Waals surface area contributed by atoms with Crippen LogP contribution in [0.3, 0.4) is 0 Å². The first-order valence-electron chi connectivity index (χ1n) is 7.62. The van der Waals surface area contributed by atoms with E-state index < -0.39 is 5.60 Å². The minimum Gasteiger partial charge on any atom is -0.444 e. The zero-order valence-corrected chi connectivity index (χ0v) is 14.3. The molecule has 122 valence electrons. The molecule has 1 amide bonds. The molecule has 0 unspecified atom stereocenters. The van der Waals surface area contributed by atoms with E-state index in [0.717, 1.165) is 17.5 Å². The maximum absolute atomic E-state index is 12.1. The van der Waals surface area contributed by atoms with Crippen molar-refractivity contribution in [1.82, 2.24) is 14.3 Å². The van der Waals surface area contributed by atoms with Crippen LogP contribution in [0, 0.1) is 0 Å². The van der Waals surface area contributed by atoms with Crippen LogP contribution in [0.5, 0.6) is 0 Å². The summed E-state index contributed by atoms with van der Waals surface area (Å²) in [6.07, 6.45) is 8.06. The van der Waals surface area contributed by atoms with E-state index >= 15 is 0 Å². The van der Waals surface area contributed by atoms with Crippen molar-refractivity contribution >= 4 is 28.8 Å². The Kier molecular flexibility index (Phi) is 4.06. The van der Waals surface area contributed by atoms with Crippen LogP contribution in [0.1, 0.15) is 32.8 Å². The van der Waals surface area contributed by atoms with Crippen LogP contribution in [0.15, 0.2) is 30.9 Å². The van der Waals surface area contributed by atoms with Crippen molar-refractivity contribution in [2.24, 2.45) is 0 Å².